The molecular weight excluding hydrogens is 329 g/mol. The van der Waals surface area contributed by atoms with Crippen molar-refractivity contribution in [3.8, 4) is 5.75 Å². The summed E-state index contributed by atoms with van der Waals surface area (Å²) in [5.41, 5.74) is 0.520. The first-order valence-electron chi connectivity index (χ1n) is 7.55. The first-order chi connectivity index (χ1) is 12.1. The molecule has 1 aliphatic rings. The molecule has 0 spiro atoms. The largest absolute Gasteiger partial charge is 0.495 e. The summed E-state index contributed by atoms with van der Waals surface area (Å²) in [6, 6.07) is 6.59. The van der Waals surface area contributed by atoms with Crippen molar-refractivity contribution < 1.29 is 18.7 Å². The Labute approximate surface area is 143 Å². The maximum absolute atomic E-state index is 12.9. The van der Waals surface area contributed by atoms with Crippen LogP contribution in [0, 0.1) is 5.82 Å². The number of hydrogen-bond donors (Lipinski definition) is 1. The van der Waals surface area contributed by atoms with Gasteiger partial charge < -0.3 is 15.0 Å². The number of hydrogen-bond acceptors (Lipinski definition) is 5. The molecule has 9 heteroatoms. The number of methoxy groups -OCH3 is 1. The number of benzene rings is 1. The summed E-state index contributed by atoms with van der Waals surface area (Å²) in [5, 5.41) is 2.72. The van der Waals surface area contributed by atoms with Gasteiger partial charge in [0, 0.05) is 13.1 Å². The van der Waals surface area contributed by atoms with E-state index in [1.165, 1.54) is 16.9 Å². The molecule has 1 fully saturated rings. The van der Waals surface area contributed by atoms with E-state index in [0.717, 1.165) is 12.4 Å². The highest BCUT2D eigenvalue weighted by atomic mass is 19.1. The van der Waals surface area contributed by atoms with Crippen LogP contribution >= 0.6 is 0 Å². The second-order valence-corrected chi connectivity index (χ2v) is 5.30. The van der Waals surface area contributed by atoms with Gasteiger partial charge in [0.15, 0.2) is 5.82 Å². The number of para-hydroxylation sites is 2. The number of amides is 3. The molecule has 0 radical (unpaired) electrons. The molecule has 2 aromatic rings. The summed E-state index contributed by atoms with van der Waals surface area (Å²) in [4.78, 5) is 35.0. The van der Waals surface area contributed by atoms with Gasteiger partial charge in [-0.15, -0.1) is 0 Å². The Balaban J connectivity index is 1.65. The Hall–Kier alpha value is -3.23. The minimum absolute atomic E-state index is 0.121. The number of urea groups is 1. The van der Waals surface area contributed by atoms with E-state index in [2.05, 4.69) is 15.3 Å². The van der Waals surface area contributed by atoms with E-state index in [4.69, 9.17) is 4.74 Å². The van der Waals surface area contributed by atoms with Crippen LogP contribution in [-0.4, -0.2) is 53.6 Å². The highest BCUT2D eigenvalue weighted by Gasteiger charge is 2.29. The number of anilines is 2. The average Bonchev–Trinajstić information content (AvgIpc) is 2.63. The molecule has 1 saturated heterocycles. The smallest absolute Gasteiger partial charge is 0.322 e. The predicted octanol–water partition coefficient (Wildman–Crippen LogP) is 1.50. The van der Waals surface area contributed by atoms with Gasteiger partial charge in [-0.1, -0.05) is 12.1 Å². The standard InChI is InChI=1S/C16H16FN5O3/c1-25-13-5-3-2-4-12(13)20-16(24)21-6-7-22(14(23)10-21)15-18-8-11(17)9-19-15/h2-5,8-9H,6-7,10H2,1H3,(H,20,24). The molecule has 8 nitrogen and oxygen atoms in total. The van der Waals surface area contributed by atoms with Gasteiger partial charge in [0.2, 0.25) is 11.9 Å². The summed E-state index contributed by atoms with van der Waals surface area (Å²) in [7, 11) is 1.51. The van der Waals surface area contributed by atoms with E-state index >= 15 is 0 Å². The molecular formula is C16H16FN5O3. The lowest BCUT2D eigenvalue weighted by molar-refractivity contribution is -0.120. The van der Waals surface area contributed by atoms with Crippen molar-refractivity contribution in [1.29, 1.82) is 0 Å². The van der Waals surface area contributed by atoms with Crippen LogP contribution in [-0.2, 0) is 4.79 Å². The van der Waals surface area contributed by atoms with Gasteiger partial charge >= 0.3 is 6.03 Å². The van der Waals surface area contributed by atoms with Gasteiger partial charge in [-0.25, -0.2) is 19.2 Å². The van der Waals surface area contributed by atoms with Crippen LogP contribution in [0.15, 0.2) is 36.7 Å². The molecule has 3 amide bonds. The third-order valence-corrected chi connectivity index (χ3v) is 3.70. The van der Waals surface area contributed by atoms with Gasteiger partial charge in [-0.3, -0.25) is 9.69 Å². The van der Waals surface area contributed by atoms with E-state index in [-0.39, 0.29) is 24.9 Å². The molecule has 1 aliphatic heterocycles. The van der Waals surface area contributed by atoms with Gasteiger partial charge in [-0.05, 0) is 12.1 Å². The number of halogens is 1. The first kappa shape index (κ1) is 16.6. The SMILES string of the molecule is COc1ccccc1NC(=O)N1CCN(c2ncc(F)cn2)C(=O)C1. The Kier molecular flexibility index (Phi) is 4.73. The van der Waals surface area contributed by atoms with Crippen LogP contribution in [0.3, 0.4) is 0 Å². The van der Waals surface area contributed by atoms with Crippen molar-refractivity contribution in [3.05, 3.63) is 42.5 Å². The number of piperazine rings is 1. The van der Waals surface area contributed by atoms with E-state index in [1.54, 1.807) is 24.3 Å². The van der Waals surface area contributed by atoms with Crippen molar-refractivity contribution in [2.24, 2.45) is 0 Å². The van der Waals surface area contributed by atoms with Crippen LogP contribution in [0.2, 0.25) is 0 Å². The Morgan fingerprint density at radius 1 is 1.24 bits per heavy atom. The number of carbonyl (C=O) groups excluding carboxylic acids is 2. The Bertz CT molecular complexity index is 784. The number of aromatic nitrogens is 2. The first-order valence-corrected chi connectivity index (χ1v) is 7.55. The molecule has 0 unspecified atom stereocenters. The Morgan fingerprint density at radius 2 is 1.96 bits per heavy atom. The molecule has 0 atom stereocenters. The minimum atomic E-state index is -0.578. The van der Waals surface area contributed by atoms with Crippen LogP contribution in [0.1, 0.15) is 0 Å². The fourth-order valence-electron chi connectivity index (χ4n) is 2.45. The third kappa shape index (κ3) is 3.65. The predicted molar refractivity (Wildman–Crippen MR) is 87.9 cm³/mol. The molecule has 1 aromatic heterocycles. The zero-order chi connectivity index (χ0) is 17.8. The van der Waals surface area contributed by atoms with Crippen LogP contribution in [0.4, 0.5) is 20.8 Å². The summed E-state index contributed by atoms with van der Waals surface area (Å²) < 4.78 is 18.1. The van der Waals surface area contributed by atoms with Crippen molar-refractivity contribution in [2.45, 2.75) is 0 Å². The lowest BCUT2D eigenvalue weighted by Gasteiger charge is -2.33. The summed E-state index contributed by atoms with van der Waals surface area (Å²) in [5.74, 6) is -0.268. The lowest BCUT2D eigenvalue weighted by atomic mass is 10.3. The van der Waals surface area contributed by atoms with E-state index in [0.29, 0.717) is 18.0 Å². The number of nitrogens with one attached hydrogen (secondary N) is 1. The van der Waals surface area contributed by atoms with Crippen molar-refractivity contribution >= 4 is 23.6 Å². The summed E-state index contributed by atoms with van der Waals surface area (Å²) >= 11 is 0. The van der Waals surface area contributed by atoms with E-state index in [1.807, 2.05) is 0 Å². The van der Waals surface area contributed by atoms with Gasteiger partial charge in [0.05, 0.1) is 25.2 Å². The molecule has 25 heavy (non-hydrogen) atoms. The molecule has 0 bridgehead atoms. The molecule has 1 N–H and O–H groups in total. The summed E-state index contributed by atoms with van der Waals surface area (Å²) in [6.07, 6.45) is 1.99. The number of nitrogens with zero attached hydrogens (tertiary/aromatic N) is 4. The van der Waals surface area contributed by atoms with Gasteiger partial charge in [0.25, 0.3) is 0 Å². The van der Waals surface area contributed by atoms with E-state index < -0.39 is 11.8 Å². The lowest BCUT2D eigenvalue weighted by Crippen LogP contribution is -2.53. The maximum atomic E-state index is 12.9. The molecule has 2 heterocycles. The van der Waals surface area contributed by atoms with Crippen LogP contribution < -0.4 is 15.0 Å². The number of ether oxygens (including phenoxy) is 1. The second kappa shape index (κ2) is 7.12. The quantitative estimate of drug-likeness (QED) is 0.911. The maximum Gasteiger partial charge on any atom is 0.322 e. The summed E-state index contributed by atoms with van der Waals surface area (Å²) in [6.45, 7) is 0.402. The fraction of sp³-hybridized carbons (Fsp3) is 0.250. The fourth-order valence-corrected chi connectivity index (χ4v) is 2.45. The van der Waals surface area contributed by atoms with Crippen molar-refractivity contribution in [1.82, 2.24) is 14.9 Å². The van der Waals surface area contributed by atoms with Gasteiger partial charge in [-0.2, -0.15) is 0 Å². The topological polar surface area (TPSA) is 87.7 Å². The molecule has 1 aromatic carbocycles. The van der Waals surface area contributed by atoms with Crippen molar-refractivity contribution in [2.75, 3.05) is 37.0 Å². The zero-order valence-corrected chi connectivity index (χ0v) is 13.5. The number of rotatable bonds is 3. The molecule has 0 aliphatic carbocycles. The van der Waals surface area contributed by atoms with Crippen LogP contribution in [0.25, 0.3) is 0 Å². The van der Waals surface area contributed by atoms with E-state index in [9.17, 15) is 14.0 Å². The zero-order valence-electron chi connectivity index (χ0n) is 13.5. The molecule has 3 rings (SSSR count). The average molecular weight is 345 g/mol. The second-order valence-electron chi connectivity index (χ2n) is 5.30. The monoisotopic (exact) mass is 345 g/mol. The van der Waals surface area contributed by atoms with Crippen molar-refractivity contribution in [3.63, 3.8) is 0 Å². The van der Waals surface area contributed by atoms with Gasteiger partial charge in [0.1, 0.15) is 12.3 Å². The normalized spacial score (nSPS) is 14.4. The highest BCUT2D eigenvalue weighted by molar-refractivity contribution is 5.99. The molecule has 0 saturated carbocycles. The molecule has 130 valence electrons. The number of carbonyl (C=O) groups is 2. The highest BCUT2D eigenvalue weighted by Crippen LogP contribution is 2.23. The van der Waals surface area contributed by atoms with Crippen LogP contribution in [0.5, 0.6) is 5.75 Å². The Morgan fingerprint density at radius 3 is 2.64 bits per heavy atom. The third-order valence-electron chi connectivity index (χ3n) is 3.70. The minimum Gasteiger partial charge on any atom is -0.495 e.